The Morgan fingerprint density at radius 2 is 1.42 bits per heavy atom. The second kappa shape index (κ2) is 14.7. The van der Waals surface area contributed by atoms with Gasteiger partial charge in [0.15, 0.2) is 0 Å². The molecular weight excluding hydrogens is 632 g/mol. The van der Waals surface area contributed by atoms with E-state index in [1.54, 1.807) is 41.8 Å². The average Bonchev–Trinajstić information content (AvgIpc) is 3.11. The Balaban J connectivity index is 1.41. The quantitative estimate of drug-likeness (QED) is 0.119. The molecule has 9 nitrogen and oxygen atoms in total. The normalized spacial score (nSPS) is 13.9. The van der Waals surface area contributed by atoms with Crippen LogP contribution in [0.5, 0.6) is 0 Å². The Morgan fingerprint density at radius 1 is 0.833 bits per heavy atom. The standard InChI is InChI=1S/C37H37FN3O6P/c1-3-45-37(43)32-24-41(34-23-35(33(38)22-31(34)36(32)42)40-20-18-39(2)19-21-40)29-14-16-30(17-15-29)48(44,46-25-27-10-6-4-7-11-27)47-26-28-12-8-5-9-13-28/h4-17,22-24H,3,18-21,25-26H2,1-2H3. The summed E-state index contributed by atoms with van der Waals surface area (Å²) in [6, 6.07) is 28.4. The molecule has 5 aromatic rings. The van der Waals surface area contributed by atoms with Gasteiger partial charge in [-0.25, -0.2) is 9.18 Å². The van der Waals surface area contributed by atoms with Crippen molar-refractivity contribution >= 4 is 35.5 Å². The molecule has 0 aliphatic carbocycles. The number of piperazine rings is 1. The van der Waals surface area contributed by atoms with Gasteiger partial charge in [-0.2, -0.15) is 0 Å². The van der Waals surface area contributed by atoms with E-state index in [0.29, 0.717) is 35.3 Å². The summed E-state index contributed by atoms with van der Waals surface area (Å²) in [6.45, 7) is 4.66. The summed E-state index contributed by atoms with van der Waals surface area (Å²) in [4.78, 5) is 30.5. The minimum absolute atomic E-state index is 0.0445. The first kappa shape index (κ1) is 33.3. The summed E-state index contributed by atoms with van der Waals surface area (Å²) in [5, 5.41) is 0.376. The van der Waals surface area contributed by atoms with Gasteiger partial charge in [0, 0.05) is 43.4 Å². The van der Waals surface area contributed by atoms with Gasteiger partial charge in [0.1, 0.15) is 11.4 Å². The predicted molar refractivity (Wildman–Crippen MR) is 185 cm³/mol. The van der Waals surface area contributed by atoms with Crippen molar-refractivity contribution < 1.29 is 27.5 Å². The molecule has 0 spiro atoms. The van der Waals surface area contributed by atoms with Gasteiger partial charge in [0.2, 0.25) is 5.43 Å². The highest BCUT2D eigenvalue weighted by Gasteiger charge is 2.29. The Morgan fingerprint density at radius 3 is 1.98 bits per heavy atom. The molecule has 1 aliphatic rings. The number of ether oxygens (including phenoxy) is 1. The summed E-state index contributed by atoms with van der Waals surface area (Å²) in [5.74, 6) is -1.34. The lowest BCUT2D eigenvalue weighted by Crippen LogP contribution is -2.44. The molecule has 1 saturated heterocycles. The molecule has 48 heavy (non-hydrogen) atoms. The van der Waals surface area contributed by atoms with Crippen LogP contribution in [0.2, 0.25) is 0 Å². The number of anilines is 1. The van der Waals surface area contributed by atoms with E-state index in [9.17, 15) is 14.2 Å². The number of fused-ring (bicyclic) bond motifs is 1. The van der Waals surface area contributed by atoms with Gasteiger partial charge in [-0.15, -0.1) is 0 Å². The third-order valence-corrected chi connectivity index (χ3v) is 10.2. The summed E-state index contributed by atoms with van der Waals surface area (Å²) >= 11 is 0. The first-order valence-electron chi connectivity index (χ1n) is 15.8. The third kappa shape index (κ3) is 7.27. The molecule has 0 radical (unpaired) electrons. The number of hydrogen-bond donors (Lipinski definition) is 0. The Labute approximate surface area is 278 Å². The summed E-state index contributed by atoms with van der Waals surface area (Å²) in [6.07, 6.45) is 1.42. The highest BCUT2D eigenvalue weighted by atomic mass is 31.2. The van der Waals surface area contributed by atoms with Crippen LogP contribution in [0.25, 0.3) is 16.6 Å². The molecule has 0 bridgehead atoms. The number of benzene rings is 4. The topological polar surface area (TPSA) is 90.3 Å². The van der Waals surface area contributed by atoms with Crippen LogP contribution in [-0.2, 0) is 31.6 Å². The van der Waals surface area contributed by atoms with E-state index in [1.807, 2.05) is 72.6 Å². The summed E-state index contributed by atoms with van der Waals surface area (Å²) in [7, 11) is -1.82. The van der Waals surface area contributed by atoms with E-state index in [4.69, 9.17) is 13.8 Å². The number of likely N-dealkylation sites (N-methyl/N-ethyl adjacent to an activating group) is 1. The number of carbonyl (C=O) groups is 1. The molecule has 4 aromatic carbocycles. The predicted octanol–water partition coefficient (Wildman–Crippen LogP) is 6.31. The van der Waals surface area contributed by atoms with E-state index >= 15 is 4.39 Å². The highest BCUT2D eigenvalue weighted by molar-refractivity contribution is 7.62. The molecule has 0 saturated carbocycles. The molecule has 1 aromatic heterocycles. The highest BCUT2D eigenvalue weighted by Crippen LogP contribution is 2.48. The van der Waals surface area contributed by atoms with Crippen molar-refractivity contribution in [2.24, 2.45) is 0 Å². The molecule has 0 atom stereocenters. The van der Waals surface area contributed by atoms with Crippen LogP contribution in [0.1, 0.15) is 28.4 Å². The van der Waals surface area contributed by atoms with Crippen molar-refractivity contribution in [3.63, 3.8) is 0 Å². The van der Waals surface area contributed by atoms with Crippen molar-refractivity contribution in [3.8, 4) is 5.69 Å². The zero-order chi connectivity index (χ0) is 33.7. The summed E-state index contributed by atoms with van der Waals surface area (Å²) < 4.78 is 48.8. The number of halogens is 1. The van der Waals surface area contributed by atoms with Crippen LogP contribution < -0.4 is 15.6 Å². The third-order valence-electron chi connectivity index (χ3n) is 8.34. The van der Waals surface area contributed by atoms with E-state index in [1.165, 1.54) is 12.3 Å². The van der Waals surface area contributed by atoms with E-state index < -0.39 is 24.8 Å². The minimum Gasteiger partial charge on any atom is -0.462 e. The van der Waals surface area contributed by atoms with Crippen LogP contribution in [0, 0.1) is 5.82 Å². The number of carbonyl (C=O) groups excluding carboxylic acids is 1. The zero-order valence-corrected chi connectivity index (χ0v) is 27.8. The molecular formula is C37H37FN3O6P. The maximum atomic E-state index is 15.6. The molecule has 0 N–H and O–H groups in total. The zero-order valence-electron chi connectivity index (χ0n) is 26.9. The van der Waals surface area contributed by atoms with Gasteiger partial charge >= 0.3 is 13.6 Å². The van der Waals surface area contributed by atoms with Gasteiger partial charge in [-0.3, -0.25) is 9.36 Å². The van der Waals surface area contributed by atoms with Gasteiger partial charge in [-0.05, 0) is 61.5 Å². The van der Waals surface area contributed by atoms with Crippen LogP contribution in [0.15, 0.2) is 108 Å². The monoisotopic (exact) mass is 669 g/mol. The second-order valence-corrected chi connectivity index (χ2v) is 13.6. The Hall–Kier alpha value is -4.60. The Bertz CT molecular complexity index is 1950. The number of esters is 1. The van der Waals surface area contributed by atoms with Crippen molar-refractivity contribution in [2.75, 3.05) is 44.7 Å². The van der Waals surface area contributed by atoms with Gasteiger partial charge in [0.25, 0.3) is 0 Å². The van der Waals surface area contributed by atoms with Crippen molar-refractivity contribution in [3.05, 3.63) is 136 Å². The first-order valence-corrected chi connectivity index (χ1v) is 17.4. The fourth-order valence-electron chi connectivity index (χ4n) is 5.64. The van der Waals surface area contributed by atoms with E-state index in [-0.39, 0.29) is 30.8 Å². The Kier molecular flexibility index (Phi) is 10.2. The van der Waals surface area contributed by atoms with E-state index in [2.05, 4.69) is 4.90 Å². The SMILES string of the molecule is CCOC(=O)c1cn(-c2ccc(P(=O)(OCc3ccccc3)OCc3ccccc3)cc2)c2cc(N3CCN(C)CC3)c(F)cc2c1=O. The number of hydrogen-bond acceptors (Lipinski definition) is 8. The van der Waals surface area contributed by atoms with E-state index in [0.717, 1.165) is 24.2 Å². The maximum Gasteiger partial charge on any atom is 0.361 e. The lowest BCUT2D eigenvalue weighted by atomic mass is 10.1. The van der Waals surface area contributed by atoms with Crippen LogP contribution in [0.3, 0.4) is 0 Å². The molecule has 2 heterocycles. The molecule has 6 rings (SSSR count). The second-order valence-electron chi connectivity index (χ2n) is 11.6. The lowest BCUT2D eigenvalue weighted by Gasteiger charge is -2.34. The lowest BCUT2D eigenvalue weighted by molar-refractivity contribution is 0.0524. The van der Waals surface area contributed by atoms with Crippen molar-refractivity contribution in [1.82, 2.24) is 9.47 Å². The average molecular weight is 670 g/mol. The number of pyridine rings is 1. The van der Waals surface area contributed by atoms with Crippen LogP contribution >= 0.6 is 7.60 Å². The smallest absolute Gasteiger partial charge is 0.361 e. The fourth-order valence-corrected chi connectivity index (χ4v) is 7.17. The molecule has 11 heteroatoms. The first-order chi connectivity index (χ1) is 23.3. The molecule has 248 valence electrons. The number of nitrogens with zero attached hydrogens (tertiary/aromatic N) is 3. The summed E-state index contributed by atoms with van der Waals surface area (Å²) in [5.41, 5.74) is 2.18. The van der Waals surface area contributed by atoms with Crippen LogP contribution in [-0.4, -0.2) is 55.3 Å². The van der Waals surface area contributed by atoms with Gasteiger partial charge < -0.3 is 28.2 Å². The molecule has 1 fully saturated rings. The number of aromatic nitrogens is 1. The minimum atomic E-state index is -3.84. The maximum absolute atomic E-state index is 15.6. The van der Waals surface area contributed by atoms with Gasteiger partial charge in [0.05, 0.1) is 36.3 Å². The fraction of sp³-hybridized carbons (Fsp3) is 0.243. The van der Waals surface area contributed by atoms with Crippen LogP contribution in [0.4, 0.5) is 10.1 Å². The largest absolute Gasteiger partial charge is 0.462 e. The van der Waals surface area contributed by atoms with Crippen molar-refractivity contribution in [1.29, 1.82) is 0 Å². The molecule has 0 unspecified atom stereocenters. The van der Waals surface area contributed by atoms with Crippen molar-refractivity contribution in [2.45, 2.75) is 20.1 Å². The molecule has 1 aliphatic heterocycles. The van der Waals surface area contributed by atoms with Gasteiger partial charge in [-0.1, -0.05) is 60.7 Å². The molecule has 0 amide bonds. The number of rotatable bonds is 11.